The van der Waals surface area contributed by atoms with Crippen LogP contribution in [0.3, 0.4) is 0 Å². The van der Waals surface area contributed by atoms with Gasteiger partial charge in [0.2, 0.25) is 0 Å². The van der Waals surface area contributed by atoms with E-state index < -0.39 is 18.7 Å². The lowest BCUT2D eigenvalue weighted by molar-refractivity contribution is -0.139. The van der Waals surface area contributed by atoms with Crippen molar-refractivity contribution in [2.45, 2.75) is 12.7 Å². The van der Waals surface area contributed by atoms with Gasteiger partial charge in [0.25, 0.3) is 0 Å². The van der Waals surface area contributed by atoms with Gasteiger partial charge in [-0.2, -0.15) is 13.2 Å². The molecule has 0 radical (unpaired) electrons. The van der Waals surface area contributed by atoms with Gasteiger partial charge in [0, 0.05) is 11.6 Å². The van der Waals surface area contributed by atoms with Gasteiger partial charge in [0.05, 0.1) is 19.7 Å². The fraction of sp³-hybridized carbons (Fsp3) is 0.308. The second-order valence-corrected chi connectivity index (χ2v) is 4.13. The zero-order chi connectivity index (χ0) is 14.9. The molecule has 2 rings (SSSR count). The predicted octanol–water partition coefficient (Wildman–Crippen LogP) is 3.00. The van der Waals surface area contributed by atoms with Crippen LogP contribution in [0.2, 0.25) is 0 Å². The van der Waals surface area contributed by atoms with E-state index >= 15 is 0 Å². The van der Waals surface area contributed by atoms with E-state index in [1.165, 1.54) is 32.5 Å². The van der Waals surface area contributed by atoms with Crippen LogP contribution in [-0.4, -0.2) is 30.9 Å². The molecule has 0 N–H and O–H groups in total. The third-order valence-electron chi connectivity index (χ3n) is 2.84. The maximum atomic E-state index is 12.6. The Morgan fingerprint density at radius 3 is 2.50 bits per heavy atom. The van der Waals surface area contributed by atoms with Gasteiger partial charge in [-0.1, -0.05) is 6.07 Å². The summed E-state index contributed by atoms with van der Waals surface area (Å²) in [5, 5.41) is 0.554. The van der Waals surface area contributed by atoms with Crippen molar-refractivity contribution in [2.24, 2.45) is 0 Å². The zero-order valence-corrected chi connectivity index (χ0v) is 10.8. The molecular weight excluding hydrogens is 275 g/mol. The number of aromatic nitrogens is 1. The number of halogens is 3. The summed E-state index contributed by atoms with van der Waals surface area (Å²) < 4.78 is 48.4. The highest BCUT2D eigenvalue weighted by Gasteiger charge is 2.29. The summed E-state index contributed by atoms with van der Waals surface area (Å²) in [6.45, 7) is -1.16. The van der Waals surface area contributed by atoms with E-state index in [0.717, 1.165) is 4.57 Å². The Balaban J connectivity index is 2.65. The highest BCUT2D eigenvalue weighted by Crippen LogP contribution is 2.32. The minimum absolute atomic E-state index is 0.0728. The minimum Gasteiger partial charge on any atom is -0.494 e. The minimum atomic E-state index is -4.36. The average Bonchev–Trinajstić information content (AvgIpc) is 2.78. The maximum absolute atomic E-state index is 12.6. The Kier molecular flexibility index (Phi) is 3.61. The van der Waals surface area contributed by atoms with E-state index in [2.05, 4.69) is 4.74 Å². The number of esters is 1. The lowest BCUT2D eigenvalue weighted by Crippen LogP contribution is -2.17. The van der Waals surface area contributed by atoms with Crippen molar-refractivity contribution in [2.75, 3.05) is 14.2 Å². The van der Waals surface area contributed by atoms with Crippen molar-refractivity contribution in [3.63, 3.8) is 0 Å². The van der Waals surface area contributed by atoms with E-state index in [4.69, 9.17) is 4.74 Å². The molecule has 0 aliphatic rings. The third-order valence-corrected chi connectivity index (χ3v) is 2.84. The van der Waals surface area contributed by atoms with Gasteiger partial charge in [0.15, 0.2) is 5.75 Å². The second kappa shape index (κ2) is 5.07. The van der Waals surface area contributed by atoms with Crippen molar-refractivity contribution >= 4 is 16.9 Å². The van der Waals surface area contributed by atoms with Crippen LogP contribution >= 0.6 is 0 Å². The molecule has 1 aromatic carbocycles. The molecule has 2 aromatic rings. The largest absolute Gasteiger partial charge is 0.494 e. The summed E-state index contributed by atoms with van der Waals surface area (Å²) in [7, 11) is 2.49. The molecule has 1 heterocycles. The summed E-state index contributed by atoms with van der Waals surface area (Å²) in [6, 6.07) is 4.55. The first kappa shape index (κ1) is 14.2. The molecule has 0 bridgehead atoms. The number of methoxy groups -OCH3 is 2. The van der Waals surface area contributed by atoms with E-state index in [1.807, 2.05) is 0 Å². The molecule has 1 aromatic heterocycles. The average molecular weight is 287 g/mol. The van der Waals surface area contributed by atoms with Crippen LogP contribution in [0.25, 0.3) is 10.9 Å². The molecule has 0 amide bonds. The molecule has 0 atom stereocenters. The molecule has 0 saturated carbocycles. The second-order valence-electron chi connectivity index (χ2n) is 4.13. The number of hydrogen-bond acceptors (Lipinski definition) is 3. The lowest BCUT2D eigenvalue weighted by atomic mass is 10.1. The molecule has 0 unspecified atom stereocenters. The summed E-state index contributed by atoms with van der Waals surface area (Å²) in [6.07, 6.45) is -3.06. The first-order valence-corrected chi connectivity index (χ1v) is 5.68. The van der Waals surface area contributed by atoms with Crippen molar-refractivity contribution in [3.05, 3.63) is 30.0 Å². The van der Waals surface area contributed by atoms with Crippen molar-refractivity contribution in [1.29, 1.82) is 0 Å². The lowest BCUT2D eigenvalue weighted by Gasteiger charge is -2.13. The summed E-state index contributed by atoms with van der Waals surface area (Å²) in [4.78, 5) is 11.6. The number of rotatable bonds is 3. The number of nitrogens with zero attached hydrogens (tertiary/aromatic N) is 1. The van der Waals surface area contributed by atoms with Crippen LogP contribution in [0, 0.1) is 0 Å². The highest BCUT2D eigenvalue weighted by atomic mass is 19.4. The van der Waals surface area contributed by atoms with Gasteiger partial charge >= 0.3 is 12.1 Å². The molecule has 0 saturated heterocycles. The number of ether oxygens (including phenoxy) is 2. The number of carbonyl (C=O) groups excluding carboxylic acids is 1. The predicted molar refractivity (Wildman–Crippen MR) is 65.9 cm³/mol. The SMILES string of the molecule is COC(=O)c1ccc2ccn(CC(F)(F)F)c2c1OC. The van der Waals surface area contributed by atoms with Crippen LogP contribution in [-0.2, 0) is 11.3 Å². The first-order valence-electron chi connectivity index (χ1n) is 5.68. The smallest absolute Gasteiger partial charge is 0.406 e. The third kappa shape index (κ3) is 2.56. The van der Waals surface area contributed by atoms with Gasteiger partial charge in [-0.05, 0) is 12.1 Å². The standard InChI is InChI=1S/C13H12F3NO3/c1-19-11-9(12(18)20-2)4-3-8-5-6-17(10(8)11)7-13(14,15)16/h3-6H,7H2,1-2H3. The van der Waals surface area contributed by atoms with Crippen LogP contribution < -0.4 is 4.74 Å². The van der Waals surface area contributed by atoms with E-state index in [1.54, 1.807) is 6.07 Å². The summed E-state index contributed by atoms with van der Waals surface area (Å²) >= 11 is 0. The highest BCUT2D eigenvalue weighted by molar-refractivity contribution is 6.00. The van der Waals surface area contributed by atoms with E-state index in [-0.39, 0.29) is 16.8 Å². The zero-order valence-electron chi connectivity index (χ0n) is 10.8. The Bertz CT molecular complexity index is 646. The molecule has 4 nitrogen and oxygen atoms in total. The molecule has 0 aliphatic carbocycles. The molecular formula is C13H12F3NO3. The van der Waals surface area contributed by atoms with Crippen molar-refractivity contribution in [3.8, 4) is 5.75 Å². The Morgan fingerprint density at radius 2 is 1.95 bits per heavy atom. The number of benzene rings is 1. The van der Waals surface area contributed by atoms with Gasteiger partial charge in [-0.15, -0.1) is 0 Å². The summed E-state index contributed by atoms with van der Waals surface area (Å²) in [5.74, 6) is -0.591. The monoisotopic (exact) mass is 287 g/mol. The van der Waals surface area contributed by atoms with Crippen LogP contribution in [0.5, 0.6) is 5.75 Å². The van der Waals surface area contributed by atoms with Crippen molar-refractivity contribution in [1.82, 2.24) is 4.57 Å². The van der Waals surface area contributed by atoms with Crippen LogP contribution in [0.15, 0.2) is 24.4 Å². The van der Waals surface area contributed by atoms with Crippen LogP contribution in [0.1, 0.15) is 10.4 Å². The van der Waals surface area contributed by atoms with Crippen molar-refractivity contribution < 1.29 is 27.4 Å². The maximum Gasteiger partial charge on any atom is 0.406 e. The van der Waals surface area contributed by atoms with E-state index in [9.17, 15) is 18.0 Å². The number of hydrogen-bond donors (Lipinski definition) is 0. The molecule has 20 heavy (non-hydrogen) atoms. The van der Waals surface area contributed by atoms with E-state index in [0.29, 0.717) is 5.39 Å². The van der Waals surface area contributed by atoms with Gasteiger partial charge in [-0.25, -0.2) is 4.79 Å². The molecule has 0 aliphatic heterocycles. The first-order chi connectivity index (χ1) is 9.37. The molecule has 7 heteroatoms. The van der Waals surface area contributed by atoms with Gasteiger partial charge in [-0.3, -0.25) is 0 Å². The Labute approximate surface area is 112 Å². The molecule has 0 fully saturated rings. The Morgan fingerprint density at radius 1 is 1.25 bits per heavy atom. The topological polar surface area (TPSA) is 40.5 Å². The molecule has 108 valence electrons. The summed E-state index contributed by atoms with van der Waals surface area (Å²) in [5.41, 5.74) is 0.303. The van der Waals surface area contributed by atoms with Gasteiger partial charge < -0.3 is 14.0 Å². The van der Waals surface area contributed by atoms with Gasteiger partial charge in [0.1, 0.15) is 12.1 Å². The fourth-order valence-electron chi connectivity index (χ4n) is 2.06. The Hall–Kier alpha value is -2.18. The number of alkyl halides is 3. The fourth-order valence-corrected chi connectivity index (χ4v) is 2.06. The number of fused-ring (bicyclic) bond motifs is 1. The quantitative estimate of drug-likeness (QED) is 0.815. The normalized spacial score (nSPS) is 11.7. The number of carbonyl (C=O) groups is 1. The van der Waals surface area contributed by atoms with Crippen LogP contribution in [0.4, 0.5) is 13.2 Å². The molecule has 0 spiro atoms.